The number of likely N-dealkylation sites (tertiary alicyclic amines) is 1. The number of anilines is 1. The van der Waals surface area contributed by atoms with Crippen LogP contribution in [0, 0.1) is 0 Å². The molecule has 0 aliphatic carbocycles. The number of piperazine rings is 1. The number of rotatable bonds is 31. The lowest BCUT2D eigenvalue weighted by Crippen LogP contribution is -2.56. The second-order valence-corrected chi connectivity index (χ2v) is 23.6. The Labute approximate surface area is 411 Å². The summed E-state index contributed by atoms with van der Waals surface area (Å²) in [6.07, 6.45) is 37.9. The van der Waals surface area contributed by atoms with Crippen LogP contribution in [0.25, 0.3) is 10.9 Å². The van der Waals surface area contributed by atoms with Gasteiger partial charge in [-0.1, -0.05) is 149 Å². The zero-order valence-electron chi connectivity index (χ0n) is 42.4. The summed E-state index contributed by atoms with van der Waals surface area (Å²) >= 11 is -1.22. The van der Waals surface area contributed by atoms with E-state index in [1.807, 2.05) is 18.2 Å². The first-order valence-corrected chi connectivity index (χ1v) is 30.5. The second kappa shape index (κ2) is 29.7. The number of unbranched alkanes of at least 4 members (excludes halogenated alkanes) is 21. The molecule has 6 rings (SSSR count). The monoisotopic (exact) mass is 962 g/mol. The topological polar surface area (TPSA) is 92.3 Å². The molecule has 1 aromatic heterocycles. The van der Waals surface area contributed by atoms with Crippen LogP contribution in [0.3, 0.4) is 0 Å². The summed E-state index contributed by atoms with van der Waals surface area (Å²) in [4.78, 5) is 16.0. The van der Waals surface area contributed by atoms with Gasteiger partial charge in [0.25, 0.3) is 0 Å². The van der Waals surface area contributed by atoms with Gasteiger partial charge >= 0.3 is 0 Å². The minimum absolute atomic E-state index is 0.212. The molecule has 4 heterocycles. The van der Waals surface area contributed by atoms with Crippen LogP contribution in [0.4, 0.5) is 5.69 Å². The molecule has 1 unspecified atom stereocenters. The van der Waals surface area contributed by atoms with Gasteiger partial charge in [0.1, 0.15) is 16.9 Å². The third kappa shape index (κ3) is 17.2. The van der Waals surface area contributed by atoms with E-state index in [1.165, 1.54) is 161 Å². The Bertz CT molecular complexity index is 1920. The molecule has 11 heteroatoms. The second-order valence-electron chi connectivity index (χ2n) is 20.3. The van der Waals surface area contributed by atoms with Crippen LogP contribution in [0.1, 0.15) is 181 Å². The number of nitrogens with zero attached hydrogens (tertiary/aromatic N) is 5. The summed E-state index contributed by atoms with van der Waals surface area (Å²) in [6, 6.07) is 13.7. The molecule has 9 nitrogen and oxygen atoms in total. The van der Waals surface area contributed by atoms with E-state index in [-0.39, 0.29) is 9.79 Å². The van der Waals surface area contributed by atoms with E-state index in [1.54, 1.807) is 30.5 Å². The van der Waals surface area contributed by atoms with E-state index in [0.717, 1.165) is 76.9 Å². The summed E-state index contributed by atoms with van der Waals surface area (Å²) < 4.78 is 47.9. The van der Waals surface area contributed by atoms with Gasteiger partial charge in [0, 0.05) is 69.0 Å². The van der Waals surface area contributed by atoms with Crippen LogP contribution in [-0.4, -0.2) is 117 Å². The van der Waals surface area contributed by atoms with Crippen molar-refractivity contribution in [3.8, 4) is 5.75 Å². The maximum atomic E-state index is 14.6. The fourth-order valence-corrected chi connectivity index (χ4v) is 13.1. The predicted molar refractivity (Wildman–Crippen MR) is 282 cm³/mol. The smallest absolute Gasteiger partial charge is 0.210 e. The number of piperidine rings is 2. The molecule has 3 saturated heterocycles. The maximum absolute atomic E-state index is 14.6. The molecule has 0 saturated carbocycles. The van der Waals surface area contributed by atoms with Crippen LogP contribution in [-0.2, 0) is 21.0 Å². The average Bonchev–Trinajstić information content (AvgIpc) is 3.36. The average molecular weight is 963 g/mol. The molecule has 0 radical (unpaired) electrons. The van der Waals surface area contributed by atoms with Crippen molar-refractivity contribution in [3.63, 3.8) is 0 Å². The van der Waals surface area contributed by atoms with E-state index in [2.05, 4.69) is 38.4 Å². The normalized spacial score (nSPS) is 18.0. The molecule has 67 heavy (non-hydrogen) atoms. The van der Waals surface area contributed by atoms with E-state index in [9.17, 15) is 13.0 Å². The molecule has 0 bridgehead atoms. The zero-order chi connectivity index (χ0) is 47.1. The van der Waals surface area contributed by atoms with Crippen molar-refractivity contribution in [2.75, 3.05) is 76.7 Å². The minimum atomic E-state index is -3.93. The summed E-state index contributed by atoms with van der Waals surface area (Å²) in [5, 5.41) is 0.745. The highest BCUT2D eigenvalue weighted by molar-refractivity contribution is 7.91. The lowest BCUT2D eigenvalue weighted by Gasteiger charge is -2.46. The molecule has 3 fully saturated rings. The molecule has 3 aliphatic heterocycles. The van der Waals surface area contributed by atoms with Gasteiger partial charge in [0.2, 0.25) is 9.84 Å². The molecular weight excluding hydrogens is 871 g/mol. The van der Waals surface area contributed by atoms with Gasteiger partial charge in [-0.05, 0) is 99.3 Å². The predicted octanol–water partition coefficient (Wildman–Crippen LogP) is 12.9. The molecule has 1 atom stereocenters. The lowest BCUT2D eigenvalue weighted by molar-refractivity contribution is 0.0384. The Morgan fingerprint density at radius 1 is 0.612 bits per heavy atom. The van der Waals surface area contributed by atoms with Crippen LogP contribution in [0.2, 0.25) is 0 Å². The molecule has 3 aromatic rings. The Hall–Kier alpha value is -2.41. The van der Waals surface area contributed by atoms with Gasteiger partial charge in [-0.3, -0.25) is 14.8 Å². The van der Waals surface area contributed by atoms with Crippen molar-refractivity contribution in [2.45, 2.75) is 208 Å². The Kier molecular flexibility index (Phi) is 23.9. The van der Waals surface area contributed by atoms with Gasteiger partial charge in [-0.2, -0.15) is 0 Å². The largest absolute Gasteiger partial charge is 0.612 e. The van der Waals surface area contributed by atoms with Crippen LogP contribution >= 0.6 is 0 Å². The molecule has 376 valence electrons. The number of ether oxygens (including phenoxy) is 1. The number of fused-ring (bicyclic) bond motifs is 1. The molecule has 0 spiro atoms. The highest BCUT2D eigenvalue weighted by Crippen LogP contribution is 2.39. The van der Waals surface area contributed by atoms with Gasteiger partial charge in [-0.25, -0.2) is 8.42 Å². The van der Waals surface area contributed by atoms with Crippen LogP contribution in [0.15, 0.2) is 63.3 Å². The van der Waals surface area contributed by atoms with Gasteiger partial charge in [0.05, 0.1) is 22.7 Å². The van der Waals surface area contributed by atoms with Crippen LogP contribution < -0.4 is 9.64 Å². The van der Waals surface area contributed by atoms with Gasteiger partial charge in [-0.15, -0.1) is 0 Å². The van der Waals surface area contributed by atoms with Gasteiger partial charge in [0.15, 0.2) is 4.90 Å². The summed E-state index contributed by atoms with van der Waals surface area (Å²) in [7, 11) is -3.93. The third-order valence-electron chi connectivity index (χ3n) is 15.5. The molecule has 0 amide bonds. The Balaban J connectivity index is 0.891. The quantitative estimate of drug-likeness (QED) is 0.0462. The van der Waals surface area contributed by atoms with E-state index in [0.29, 0.717) is 40.5 Å². The number of hydrogen-bond donors (Lipinski definition) is 0. The number of aromatic nitrogens is 1. The Morgan fingerprint density at radius 3 is 1.54 bits per heavy atom. The highest BCUT2D eigenvalue weighted by atomic mass is 32.2. The van der Waals surface area contributed by atoms with E-state index in [4.69, 9.17) is 4.74 Å². The first-order valence-electron chi connectivity index (χ1n) is 27.5. The van der Waals surface area contributed by atoms with Crippen molar-refractivity contribution in [3.05, 3.63) is 48.7 Å². The summed E-state index contributed by atoms with van der Waals surface area (Å²) in [5.41, 5.74) is 1.40. The SMILES string of the molecule is CCCCCCCCCCCCCCCCCCCCCCCCOc1ccc(S(=O)(=O)c2cnc3ccc([S+](C)[O-])cc3c2N2CCC(N3CCN(C4CCN(CC)CC4)CC3)CC2)cc1. The fraction of sp³-hybridized carbons (Fsp3) is 0.732. The fourth-order valence-electron chi connectivity index (χ4n) is 11.1. The van der Waals surface area contributed by atoms with Crippen molar-refractivity contribution in [1.29, 1.82) is 0 Å². The van der Waals surface area contributed by atoms with Crippen molar-refractivity contribution < 1.29 is 17.7 Å². The lowest BCUT2D eigenvalue weighted by atomic mass is 9.99. The van der Waals surface area contributed by atoms with Crippen molar-refractivity contribution in [2.24, 2.45) is 0 Å². The van der Waals surface area contributed by atoms with E-state index >= 15 is 0 Å². The number of sulfone groups is 1. The number of hydrogen-bond acceptors (Lipinski definition) is 9. The summed E-state index contributed by atoms with van der Waals surface area (Å²) in [6.45, 7) is 14.8. The first-order chi connectivity index (χ1) is 32.8. The van der Waals surface area contributed by atoms with E-state index < -0.39 is 21.0 Å². The molecule has 2 aromatic carbocycles. The molecule has 3 aliphatic rings. The summed E-state index contributed by atoms with van der Waals surface area (Å²) in [5.74, 6) is 0.694. The zero-order valence-corrected chi connectivity index (χ0v) is 44.0. The molecule has 0 N–H and O–H groups in total. The Morgan fingerprint density at radius 2 is 1.07 bits per heavy atom. The van der Waals surface area contributed by atoms with Crippen molar-refractivity contribution in [1.82, 2.24) is 19.7 Å². The number of benzene rings is 2. The third-order valence-corrected chi connectivity index (χ3v) is 18.2. The first kappa shape index (κ1) is 53.9. The van der Waals surface area contributed by atoms with Crippen molar-refractivity contribution >= 4 is 37.6 Å². The maximum Gasteiger partial charge on any atom is 0.210 e. The standard InChI is InChI=1S/C56H91N5O4S2/c1-4-6-7-8-9-10-11-12-13-14-15-16-17-18-19-20-21-22-23-24-25-26-45-65-50-27-30-52(31-28-50)67(63,64)55-47-57-54-32-29-51(66(3)62)46-53(54)56(55)61-39-35-49(36-40-61)60-43-41-59(42-44-60)48-33-37-58(5-2)38-34-48/h27-32,46-49H,4-26,33-45H2,1-3H3. The van der Waals surface area contributed by atoms with Gasteiger partial charge < -0.3 is 19.1 Å². The molecular formula is C56H91N5O4S2. The minimum Gasteiger partial charge on any atom is -0.612 e. The van der Waals surface area contributed by atoms with Crippen LogP contribution in [0.5, 0.6) is 5.75 Å². The number of pyridine rings is 1. The highest BCUT2D eigenvalue weighted by Gasteiger charge is 2.34.